The summed E-state index contributed by atoms with van der Waals surface area (Å²) in [4.78, 5) is 15.7. The van der Waals surface area contributed by atoms with Crippen LogP contribution in [0.4, 0.5) is 0 Å². The molecule has 4 unspecified atom stereocenters. The van der Waals surface area contributed by atoms with Crippen LogP contribution < -0.4 is 5.32 Å². The molecule has 1 heterocycles. The predicted octanol–water partition coefficient (Wildman–Crippen LogP) is 1.05. The van der Waals surface area contributed by atoms with Gasteiger partial charge in [-0.3, -0.25) is 4.79 Å². The van der Waals surface area contributed by atoms with E-state index in [0.29, 0.717) is 11.8 Å². The van der Waals surface area contributed by atoms with Gasteiger partial charge in [-0.15, -0.1) is 0 Å². The second kappa shape index (κ2) is 4.96. The first kappa shape index (κ1) is 12.7. The van der Waals surface area contributed by atoms with E-state index in [0.717, 1.165) is 31.6 Å². The number of hydrogen-bond donors (Lipinski definition) is 2. The van der Waals surface area contributed by atoms with Gasteiger partial charge in [-0.1, -0.05) is 0 Å². The van der Waals surface area contributed by atoms with Gasteiger partial charge in [0.05, 0.1) is 5.92 Å². The van der Waals surface area contributed by atoms with E-state index in [1.54, 1.807) is 6.20 Å². The summed E-state index contributed by atoms with van der Waals surface area (Å²) in [6.07, 6.45) is 7.97. The van der Waals surface area contributed by atoms with Gasteiger partial charge >= 0.3 is 5.97 Å². The van der Waals surface area contributed by atoms with E-state index >= 15 is 0 Å². The van der Waals surface area contributed by atoms with Gasteiger partial charge in [0, 0.05) is 38.4 Å². The lowest BCUT2D eigenvalue weighted by Crippen LogP contribution is -2.45. The Kier molecular flexibility index (Phi) is 3.31. The van der Waals surface area contributed by atoms with Crippen molar-refractivity contribution in [2.24, 2.45) is 24.8 Å². The number of aliphatic carboxylic acids is 1. The van der Waals surface area contributed by atoms with Gasteiger partial charge in [-0.25, -0.2) is 4.98 Å². The normalized spacial score (nSPS) is 32.9. The summed E-state index contributed by atoms with van der Waals surface area (Å²) in [6, 6.07) is 0.163. The number of nitrogens with one attached hydrogen (secondary N) is 1. The molecule has 0 aliphatic heterocycles. The summed E-state index contributed by atoms with van der Waals surface area (Å²) in [7, 11) is 1.99. The highest BCUT2D eigenvalue weighted by Gasteiger charge is 2.50. The zero-order valence-corrected chi connectivity index (χ0v) is 11.2. The van der Waals surface area contributed by atoms with E-state index in [9.17, 15) is 9.90 Å². The van der Waals surface area contributed by atoms with Crippen LogP contribution in [0.15, 0.2) is 12.4 Å². The van der Waals surface area contributed by atoms with Gasteiger partial charge < -0.3 is 15.0 Å². The molecule has 19 heavy (non-hydrogen) atoms. The van der Waals surface area contributed by atoms with Gasteiger partial charge in [0.1, 0.15) is 5.82 Å². The fraction of sp³-hybridized carbons (Fsp3) is 0.714. The average molecular weight is 263 g/mol. The summed E-state index contributed by atoms with van der Waals surface area (Å²) in [5.41, 5.74) is 0. The molecule has 5 heteroatoms. The number of aromatic nitrogens is 2. The van der Waals surface area contributed by atoms with Crippen LogP contribution in [0.2, 0.25) is 0 Å². The standard InChI is InChI=1S/C14H21N3O2/c1-17-7-6-15-11(17)4-5-16-13-10-3-2-9(8-10)12(13)14(18)19/h6-7,9-10,12-13,16H,2-5,8H2,1H3,(H,18,19). The maximum absolute atomic E-state index is 11.4. The summed E-state index contributed by atoms with van der Waals surface area (Å²) in [5, 5.41) is 12.9. The Labute approximate surface area is 113 Å². The first-order chi connectivity index (χ1) is 9.16. The molecule has 5 nitrogen and oxygen atoms in total. The van der Waals surface area contributed by atoms with Crippen molar-refractivity contribution in [2.75, 3.05) is 6.54 Å². The number of aryl methyl sites for hydroxylation is 1. The molecule has 4 atom stereocenters. The third kappa shape index (κ3) is 2.27. The van der Waals surface area contributed by atoms with Crippen LogP contribution in [0.1, 0.15) is 25.1 Å². The number of nitrogens with zero attached hydrogens (tertiary/aromatic N) is 2. The van der Waals surface area contributed by atoms with Crippen LogP contribution in [0, 0.1) is 17.8 Å². The molecule has 1 aromatic rings. The molecule has 1 aromatic heterocycles. The molecular formula is C14H21N3O2. The first-order valence-electron chi connectivity index (χ1n) is 7.09. The van der Waals surface area contributed by atoms with Gasteiger partial charge in [0.15, 0.2) is 0 Å². The highest BCUT2D eigenvalue weighted by Crippen LogP contribution is 2.48. The van der Waals surface area contributed by atoms with Crippen LogP contribution in [-0.4, -0.2) is 33.2 Å². The van der Waals surface area contributed by atoms with Crippen LogP contribution in [0.5, 0.6) is 0 Å². The largest absolute Gasteiger partial charge is 0.481 e. The summed E-state index contributed by atoms with van der Waals surface area (Å²) >= 11 is 0. The van der Waals surface area contributed by atoms with Crippen molar-refractivity contribution >= 4 is 5.97 Å². The monoisotopic (exact) mass is 263 g/mol. The van der Waals surface area contributed by atoms with Crippen molar-refractivity contribution in [1.29, 1.82) is 0 Å². The van der Waals surface area contributed by atoms with E-state index in [4.69, 9.17) is 0 Å². The van der Waals surface area contributed by atoms with E-state index in [1.165, 1.54) is 6.42 Å². The zero-order valence-electron chi connectivity index (χ0n) is 11.2. The van der Waals surface area contributed by atoms with Crippen molar-refractivity contribution in [3.63, 3.8) is 0 Å². The number of carboxylic acids is 1. The Balaban J connectivity index is 1.57. The molecule has 0 amide bonds. The van der Waals surface area contributed by atoms with Gasteiger partial charge in [0.2, 0.25) is 0 Å². The van der Waals surface area contributed by atoms with Crippen molar-refractivity contribution in [2.45, 2.75) is 31.7 Å². The molecule has 2 aliphatic carbocycles. The van der Waals surface area contributed by atoms with E-state index < -0.39 is 5.97 Å². The number of imidazole rings is 1. The summed E-state index contributed by atoms with van der Waals surface area (Å²) < 4.78 is 2.01. The lowest BCUT2D eigenvalue weighted by atomic mass is 9.84. The Morgan fingerprint density at radius 3 is 3.00 bits per heavy atom. The SMILES string of the molecule is Cn1ccnc1CCNC1C2CCC(C2)C1C(=O)O. The molecule has 0 radical (unpaired) electrons. The molecule has 0 aromatic carbocycles. The fourth-order valence-electron chi connectivity index (χ4n) is 3.93. The summed E-state index contributed by atoms with van der Waals surface area (Å²) in [6.45, 7) is 0.808. The molecule has 2 fully saturated rings. The summed E-state index contributed by atoms with van der Waals surface area (Å²) in [5.74, 6) is 1.20. The van der Waals surface area contributed by atoms with Crippen LogP contribution in [0.3, 0.4) is 0 Å². The molecule has 0 spiro atoms. The Morgan fingerprint density at radius 1 is 1.53 bits per heavy atom. The van der Waals surface area contributed by atoms with Gasteiger partial charge in [0.25, 0.3) is 0 Å². The van der Waals surface area contributed by atoms with E-state index in [2.05, 4.69) is 10.3 Å². The molecule has 2 aliphatic rings. The van der Waals surface area contributed by atoms with Crippen LogP contribution in [-0.2, 0) is 18.3 Å². The minimum atomic E-state index is -0.623. The minimum absolute atomic E-state index is 0.163. The topological polar surface area (TPSA) is 67.2 Å². The molecule has 2 bridgehead atoms. The highest BCUT2D eigenvalue weighted by atomic mass is 16.4. The quantitative estimate of drug-likeness (QED) is 0.833. The molecule has 104 valence electrons. The van der Waals surface area contributed by atoms with E-state index in [1.807, 2.05) is 17.8 Å². The Morgan fingerprint density at radius 2 is 2.32 bits per heavy atom. The lowest BCUT2D eigenvalue weighted by molar-refractivity contribution is -0.144. The molecule has 2 saturated carbocycles. The highest BCUT2D eigenvalue weighted by molar-refractivity contribution is 5.72. The van der Waals surface area contributed by atoms with Crippen molar-refractivity contribution in [3.05, 3.63) is 18.2 Å². The van der Waals surface area contributed by atoms with Crippen molar-refractivity contribution in [1.82, 2.24) is 14.9 Å². The Hall–Kier alpha value is -1.36. The van der Waals surface area contributed by atoms with Crippen molar-refractivity contribution in [3.8, 4) is 0 Å². The second-order valence-electron chi connectivity index (χ2n) is 5.88. The predicted molar refractivity (Wildman–Crippen MR) is 70.7 cm³/mol. The molecule has 2 N–H and O–H groups in total. The third-order valence-corrected chi connectivity index (χ3v) is 4.85. The second-order valence-corrected chi connectivity index (χ2v) is 5.88. The molecule has 0 saturated heterocycles. The van der Waals surface area contributed by atoms with Crippen LogP contribution >= 0.6 is 0 Å². The first-order valence-corrected chi connectivity index (χ1v) is 7.09. The third-order valence-electron chi connectivity index (χ3n) is 4.85. The minimum Gasteiger partial charge on any atom is -0.481 e. The smallest absolute Gasteiger partial charge is 0.308 e. The fourth-order valence-corrected chi connectivity index (χ4v) is 3.93. The number of hydrogen-bond acceptors (Lipinski definition) is 3. The number of rotatable bonds is 5. The number of fused-ring (bicyclic) bond motifs is 2. The maximum Gasteiger partial charge on any atom is 0.308 e. The number of carboxylic acid groups (broad SMARTS) is 1. The lowest BCUT2D eigenvalue weighted by Gasteiger charge is -2.29. The van der Waals surface area contributed by atoms with Gasteiger partial charge in [-0.05, 0) is 31.1 Å². The maximum atomic E-state index is 11.4. The molecule has 3 rings (SSSR count). The van der Waals surface area contributed by atoms with E-state index in [-0.39, 0.29) is 12.0 Å². The van der Waals surface area contributed by atoms with Crippen LogP contribution in [0.25, 0.3) is 0 Å². The van der Waals surface area contributed by atoms with Crippen molar-refractivity contribution < 1.29 is 9.90 Å². The Bertz CT molecular complexity index is 471. The molecular weight excluding hydrogens is 242 g/mol. The van der Waals surface area contributed by atoms with Gasteiger partial charge in [-0.2, -0.15) is 0 Å². The number of carbonyl (C=O) groups is 1. The average Bonchev–Trinajstić information content (AvgIpc) is 3.05. The zero-order chi connectivity index (χ0) is 13.4.